The van der Waals surface area contributed by atoms with Crippen molar-refractivity contribution >= 4 is 6.21 Å². The summed E-state index contributed by atoms with van der Waals surface area (Å²) in [6.07, 6.45) is 6.05. The third-order valence-electron chi connectivity index (χ3n) is 1.11. The van der Waals surface area contributed by atoms with Gasteiger partial charge in [-0.05, 0) is 19.1 Å². The summed E-state index contributed by atoms with van der Waals surface area (Å²) < 4.78 is 0. The van der Waals surface area contributed by atoms with Crippen LogP contribution in [0.5, 0.6) is 0 Å². The summed E-state index contributed by atoms with van der Waals surface area (Å²) in [7, 11) is 0. The highest BCUT2D eigenvalue weighted by atomic mass is 14.8. The van der Waals surface area contributed by atoms with Crippen molar-refractivity contribution in [1.29, 1.82) is 0 Å². The van der Waals surface area contributed by atoms with Crippen molar-refractivity contribution in [2.75, 3.05) is 6.54 Å². The molecule has 0 fully saturated rings. The van der Waals surface area contributed by atoms with E-state index in [0.29, 0.717) is 6.54 Å². The Morgan fingerprint density at radius 3 is 3.25 bits per heavy atom. The molecule has 0 saturated heterocycles. The molecule has 0 aromatic heterocycles. The van der Waals surface area contributed by atoms with Crippen LogP contribution in [-0.4, -0.2) is 12.8 Å². The van der Waals surface area contributed by atoms with Gasteiger partial charge in [-0.15, -0.1) is 0 Å². The van der Waals surface area contributed by atoms with Crippen LogP contribution in [0.3, 0.4) is 0 Å². The average molecular weight is 110 g/mol. The van der Waals surface area contributed by atoms with Gasteiger partial charge in [-0.3, -0.25) is 4.99 Å². The molecule has 0 atom stereocenters. The van der Waals surface area contributed by atoms with Gasteiger partial charge in [0.05, 0.1) is 6.54 Å². The summed E-state index contributed by atoms with van der Waals surface area (Å²) in [6.45, 7) is 0.694. The Balaban J connectivity index is 2.51. The van der Waals surface area contributed by atoms with Crippen LogP contribution in [0.15, 0.2) is 16.8 Å². The highest BCUT2D eigenvalue weighted by molar-refractivity contribution is 5.58. The van der Waals surface area contributed by atoms with Crippen LogP contribution in [0.2, 0.25) is 0 Å². The van der Waals surface area contributed by atoms with Gasteiger partial charge in [0.1, 0.15) is 0 Å². The van der Waals surface area contributed by atoms with E-state index in [4.69, 9.17) is 5.73 Å². The molecular weight excluding hydrogens is 100 g/mol. The van der Waals surface area contributed by atoms with Gasteiger partial charge in [-0.2, -0.15) is 0 Å². The molecule has 0 bridgehead atoms. The minimum Gasteiger partial charge on any atom is -0.401 e. The van der Waals surface area contributed by atoms with Crippen LogP contribution in [0.25, 0.3) is 0 Å². The smallest absolute Gasteiger partial charge is 0.0777 e. The molecule has 2 N–H and O–H groups in total. The molecule has 1 rings (SSSR count). The van der Waals surface area contributed by atoms with Crippen molar-refractivity contribution in [3.63, 3.8) is 0 Å². The molecule has 0 aromatic carbocycles. The Bertz CT molecular complexity index is 124. The van der Waals surface area contributed by atoms with Crippen molar-refractivity contribution in [3.05, 3.63) is 11.8 Å². The van der Waals surface area contributed by atoms with Gasteiger partial charge in [0.2, 0.25) is 0 Å². The minimum atomic E-state index is 0.694. The minimum absolute atomic E-state index is 0.694. The maximum Gasteiger partial charge on any atom is 0.0777 e. The van der Waals surface area contributed by atoms with Gasteiger partial charge in [0.15, 0.2) is 0 Å². The number of nitrogens with two attached hydrogens (primary N) is 1. The van der Waals surface area contributed by atoms with Gasteiger partial charge >= 0.3 is 0 Å². The fourth-order valence-electron chi connectivity index (χ4n) is 0.669. The molecule has 1 aliphatic heterocycles. The van der Waals surface area contributed by atoms with E-state index in [1.807, 2.05) is 12.3 Å². The molecule has 2 heteroatoms. The van der Waals surface area contributed by atoms with E-state index in [-0.39, 0.29) is 0 Å². The predicted octanol–water partition coefficient (Wildman–Crippen LogP) is 0.694. The van der Waals surface area contributed by atoms with Crippen molar-refractivity contribution in [2.24, 2.45) is 10.7 Å². The monoisotopic (exact) mass is 110 g/mol. The normalized spacial score (nSPS) is 19.8. The fourth-order valence-corrected chi connectivity index (χ4v) is 0.669. The number of aliphatic imine (C=N–C) groups is 1. The maximum atomic E-state index is 5.48. The van der Waals surface area contributed by atoms with Gasteiger partial charge in [0.25, 0.3) is 0 Å². The second-order valence-corrected chi connectivity index (χ2v) is 1.88. The van der Waals surface area contributed by atoms with Gasteiger partial charge in [0, 0.05) is 5.70 Å². The van der Waals surface area contributed by atoms with E-state index in [0.717, 1.165) is 18.5 Å². The first kappa shape index (κ1) is 5.35. The molecule has 2 nitrogen and oxygen atoms in total. The van der Waals surface area contributed by atoms with E-state index in [2.05, 4.69) is 4.99 Å². The van der Waals surface area contributed by atoms with Crippen LogP contribution in [0.1, 0.15) is 12.8 Å². The van der Waals surface area contributed by atoms with Crippen molar-refractivity contribution in [1.82, 2.24) is 0 Å². The van der Waals surface area contributed by atoms with E-state index < -0.39 is 0 Å². The van der Waals surface area contributed by atoms with Crippen LogP contribution in [-0.2, 0) is 0 Å². The SMILES string of the molecule is NC1=CCCC=NC1. The molecular formula is C6H10N2. The van der Waals surface area contributed by atoms with E-state index >= 15 is 0 Å². The third kappa shape index (κ3) is 1.37. The maximum absolute atomic E-state index is 5.48. The Morgan fingerprint density at radius 2 is 2.38 bits per heavy atom. The van der Waals surface area contributed by atoms with Gasteiger partial charge in [-0.1, -0.05) is 6.08 Å². The third-order valence-corrected chi connectivity index (χ3v) is 1.11. The molecule has 0 saturated carbocycles. The standard InChI is InChI=1S/C6H10N2/c7-6-3-1-2-4-8-5-6/h3-4H,1-2,5,7H2. The largest absolute Gasteiger partial charge is 0.401 e. The Hall–Kier alpha value is -0.790. The number of hydrogen-bond acceptors (Lipinski definition) is 2. The number of allylic oxidation sites excluding steroid dienone is 1. The second-order valence-electron chi connectivity index (χ2n) is 1.88. The highest BCUT2D eigenvalue weighted by Gasteiger charge is 1.89. The average Bonchev–Trinajstić information content (AvgIpc) is 1.94. The molecule has 0 radical (unpaired) electrons. The molecule has 0 unspecified atom stereocenters. The highest BCUT2D eigenvalue weighted by Crippen LogP contribution is 1.96. The first-order valence-electron chi connectivity index (χ1n) is 2.82. The second kappa shape index (κ2) is 2.50. The Kier molecular flexibility index (Phi) is 1.67. The van der Waals surface area contributed by atoms with Gasteiger partial charge in [-0.25, -0.2) is 0 Å². The first-order chi connectivity index (χ1) is 3.89. The van der Waals surface area contributed by atoms with Crippen LogP contribution in [0.4, 0.5) is 0 Å². The topological polar surface area (TPSA) is 38.4 Å². The lowest BCUT2D eigenvalue weighted by Crippen LogP contribution is -1.98. The van der Waals surface area contributed by atoms with Crippen molar-refractivity contribution < 1.29 is 0 Å². The summed E-state index contributed by atoms with van der Waals surface area (Å²) in [5, 5.41) is 0. The van der Waals surface area contributed by atoms with Gasteiger partial charge < -0.3 is 5.73 Å². The zero-order valence-electron chi connectivity index (χ0n) is 4.80. The van der Waals surface area contributed by atoms with Crippen LogP contribution < -0.4 is 5.73 Å². The molecule has 8 heavy (non-hydrogen) atoms. The molecule has 0 amide bonds. The van der Waals surface area contributed by atoms with E-state index in [1.54, 1.807) is 0 Å². The van der Waals surface area contributed by atoms with E-state index in [9.17, 15) is 0 Å². The summed E-state index contributed by atoms with van der Waals surface area (Å²) in [4.78, 5) is 4.03. The summed E-state index contributed by atoms with van der Waals surface area (Å²) in [5.74, 6) is 0. The summed E-state index contributed by atoms with van der Waals surface area (Å²) in [6, 6.07) is 0. The summed E-state index contributed by atoms with van der Waals surface area (Å²) in [5.41, 5.74) is 6.38. The fraction of sp³-hybridized carbons (Fsp3) is 0.500. The van der Waals surface area contributed by atoms with Crippen LogP contribution >= 0.6 is 0 Å². The zero-order valence-corrected chi connectivity index (χ0v) is 4.80. The molecule has 0 aliphatic carbocycles. The lowest BCUT2D eigenvalue weighted by atomic mass is 10.3. The molecule has 0 spiro atoms. The molecule has 0 aromatic rings. The quantitative estimate of drug-likeness (QED) is 0.489. The number of hydrogen-bond donors (Lipinski definition) is 1. The first-order valence-corrected chi connectivity index (χ1v) is 2.82. The Labute approximate surface area is 49.1 Å². The molecule has 44 valence electrons. The van der Waals surface area contributed by atoms with Crippen molar-refractivity contribution in [2.45, 2.75) is 12.8 Å². The lowest BCUT2D eigenvalue weighted by molar-refractivity contribution is 1.08. The molecule has 1 aliphatic rings. The molecule has 1 heterocycles. The summed E-state index contributed by atoms with van der Waals surface area (Å²) >= 11 is 0. The lowest BCUT2D eigenvalue weighted by Gasteiger charge is -1.88. The van der Waals surface area contributed by atoms with Crippen molar-refractivity contribution in [3.8, 4) is 0 Å². The Morgan fingerprint density at radius 1 is 1.50 bits per heavy atom. The zero-order chi connectivity index (χ0) is 5.82. The number of nitrogens with zero attached hydrogens (tertiary/aromatic N) is 1. The van der Waals surface area contributed by atoms with E-state index in [1.165, 1.54) is 0 Å². The van der Waals surface area contributed by atoms with Crippen LogP contribution in [0, 0.1) is 0 Å². The predicted molar refractivity (Wildman–Crippen MR) is 34.9 cm³/mol. The number of rotatable bonds is 0.